The van der Waals surface area contributed by atoms with Gasteiger partial charge in [-0.3, -0.25) is 10.2 Å². The minimum atomic E-state index is -0.618. The zero-order valence-electron chi connectivity index (χ0n) is 22.2. The van der Waals surface area contributed by atoms with Crippen molar-refractivity contribution >= 4 is 39.7 Å². The zero-order valence-corrected chi connectivity index (χ0v) is 23.8. The highest BCUT2D eigenvalue weighted by atomic mass is 32.1. The molecule has 38 heavy (non-hydrogen) atoms. The minimum Gasteiger partial charge on any atom is -0.456 e. The molecule has 0 aromatic carbocycles. The van der Waals surface area contributed by atoms with E-state index in [1.807, 2.05) is 45.3 Å². The quantitative estimate of drug-likeness (QED) is 0.345. The lowest BCUT2D eigenvalue weighted by Crippen LogP contribution is -2.33. The molecule has 0 atom stereocenters. The first-order valence-corrected chi connectivity index (χ1v) is 14.8. The van der Waals surface area contributed by atoms with Crippen LogP contribution in [0.3, 0.4) is 0 Å². The third-order valence-electron chi connectivity index (χ3n) is 6.89. The van der Waals surface area contributed by atoms with Crippen molar-refractivity contribution in [3.63, 3.8) is 0 Å². The Morgan fingerprint density at radius 2 is 1.82 bits per heavy atom. The molecule has 1 aliphatic carbocycles. The summed E-state index contributed by atoms with van der Waals surface area (Å²) in [6.45, 7) is 7.54. The van der Waals surface area contributed by atoms with Crippen molar-refractivity contribution in [3.8, 4) is 5.00 Å². The average molecular weight is 559 g/mol. The van der Waals surface area contributed by atoms with Gasteiger partial charge in [0.25, 0.3) is 0 Å². The van der Waals surface area contributed by atoms with Gasteiger partial charge < -0.3 is 14.6 Å². The van der Waals surface area contributed by atoms with Gasteiger partial charge in [0.2, 0.25) is 0 Å². The van der Waals surface area contributed by atoms with E-state index in [1.165, 1.54) is 21.8 Å². The maximum Gasteiger partial charge on any atom is 0.341 e. The fraction of sp³-hybridized carbons (Fsp3) is 0.500. The number of carbonyl (C=O) groups is 2. The molecule has 4 heterocycles. The van der Waals surface area contributed by atoms with E-state index in [9.17, 15) is 14.0 Å². The Morgan fingerprint density at radius 1 is 1.05 bits per heavy atom. The number of aromatic nitrogens is 1. The van der Waals surface area contributed by atoms with Crippen LogP contribution in [-0.2, 0) is 37.1 Å². The summed E-state index contributed by atoms with van der Waals surface area (Å²) in [6, 6.07) is 3.62. The molecule has 204 valence electrons. The first-order valence-electron chi connectivity index (χ1n) is 13.2. The Hall–Kier alpha value is -2.69. The third-order valence-corrected chi connectivity index (χ3v) is 9.37. The lowest BCUT2D eigenvalue weighted by Gasteiger charge is -2.26. The summed E-state index contributed by atoms with van der Waals surface area (Å²) in [7, 11) is 0. The topological polar surface area (TPSA) is 75.6 Å². The number of ether oxygens (including phenoxy) is 1. The number of nitrogens with one attached hydrogen (secondary N) is 2. The number of hydrogen-bond acceptors (Lipinski definition) is 6. The van der Waals surface area contributed by atoms with Gasteiger partial charge in [0.1, 0.15) is 22.3 Å². The van der Waals surface area contributed by atoms with Crippen LogP contribution in [0.1, 0.15) is 70.4 Å². The molecule has 0 unspecified atom stereocenters. The molecule has 2 aliphatic rings. The Labute approximate surface area is 231 Å². The zero-order chi connectivity index (χ0) is 26.9. The summed E-state index contributed by atoms with van der Waals surface area (Å²) in [5, 5.41) is 7.64. The first kappa shape index (κ1) is 26.9. The number of alkyl halides is 1. The molecule has 0 radical (unpaired) electrons. The molecule has 0 fully saturated rings. The number of anilines is 1. The number of carbonyl (C=O) groups excluding carboxylic acids is 2. The summed E-state index contributed by atoms with van der Waals surface area (Å²) < 4.78 is 20.7. The first-order chi connectivity index (χ1) is 18.2. The van der Waals surface area contributed by atoms with Crippen molar-refractivity contribution in [1.82, 2.24) is 14.8 Å². The van der Waals surface area contributed by atoms with Gasteiger partial charge in [0.05, 0.1) is 5.56 Å². The minimum absolute atomic E-state index is 0.346. The summed E-state index contributed by atoms with van der Waals surface area (Å²) in [6.07, 6.45) is 8.68. The van der Waals surface area contributed by atoms with Crippen LogP contribution >= 0.6 is 22.7 Å². The number of amides is 2. The number of thiophene rings is 2. The molecule has 10 heteroatoms. The lowest BCUT2D eigenvalue weighted by atomic mass is 9.95. The van der Waals surface area contributed by atoms with E-state index in [0.717, 1.165) is 66.2 Å². The summed E-state index contributed by atoms with van der Waals surface area (Å²) in [5.41, 5.74) is 3.24. The van der Waals surface area contributed by atoms with Crippen molar-refractivity contribution in [3.05, 3.63) is 56.5 Å². The van der Waals surface area contributed by atoms with Crippen molar-refractivity contribution in [2.75, 3.05) is 25.1 Å². The van der Waals surface area contributed by atoms with Crippen LogP contribution in [0.2, 0.25) is 0 Å². The number of hydrogen-bond donors (Lipinski definition) is 2. The molecular formula is C28H35FN4O3S2. The molecule has 7 nitrogen and oxygen atoms in total. The highest BCUT2D eigenvalue weighted by molar-refractivity contribution is 7.17. The molecule has 3 aromatic rings. The Balaban J connectivity index is 1.35. The molecule has 0 bridgehead atoms. The number of fused-ring (bicyclic) bond motifs is 2. The van der Waals surface area contributed by atoms with Crippen molar-refractivity contribution in [2.24, 2.45) is 0 Å². The normalized spacial score (nSPS) is 15.6. The van der Waals surface area contributed by atoms with Gasteiger partial charge >= 0.3 is 12.0 Å². The van der Waals surface area contributed by atoms with Crippen molar-refractivity contribution in [1.29, 1.82) is 0 Å². The van der Waals surface area contributed by atoms with Gasteiger partial charge in [-0.25, -0.2) is 14.0 Å². The van der Waals surface area contributed by atoms with E-state index in [1.54, 1.807) is 11.3 Å². The fourth-order valence-corrected chi connectivity index (χ4v) is 7.84. The number of halogens is 1. The molecule has 0 saturated heterocycles. The van der Waals surface area contributed by atoms with Crippen LogP contribution in [-0.4, -0.2) is 46.8 Å². The standard InChI is InChI=1S/C28H35FN4O3S2/c1-28(2,3)36-26(34)23-19-8-4-5-9-21(19)37-24(23)31-27(35)30-16-20-18-10-14-32(15-11-29)17-22(18)38-25(20)33-12-6-7-13-33/h6-7,12-13H,4-5,8-11,14-17H2,1-3H3,(H2,30,31,35). The van der Waals surface area contributed by atoms with Crippen LogP contribution in [0.4, 0.5) is 14.2 Å². The van der Waals surface area contributed by atoms with E-state index in [4.69, 9.17) is 4.74 Å². The molecule has 5 rings (SSSR count). The van der Waals surface area contributed by atoms with Gasteiger partial charge in [-0.05, 0) is 76.1 Å². The third kappa shape index (κ3) is 5.82. The SMILES string of the molecule is CC(C)(C)OC(=O)c1c(NC(=O)NCc2c(-n3cccc3)sc3c2CCN(CCF)C3)sc2c1CCCC2. The molecule has 1 aliphatic heterocycles. The Bertz CT molecular complexity index is 1310. The lowest BCUT2D eigenvalue weighted by molar-refractivity contribution is 0.00699. The van der Waals surface area contributed by atoms with Crippen LogP contribution in [0.5, 0.6) is 0 Å². The molecule has 0 saturated carbocycles. The maximum absolute atomic E-state index is 13.2. The molecule has 3 aromatic heterocycles. The number of nitrogens with zero attached hydrogens (tertiary/aromatic N) is 2. The van der Waals surface area contributed by atoms with Gasteiger partial charge in [0, 0.05) is 53.9 Å². The highest BCUT2D eigenvalue weighted by Crippen LogP contribution is 2.39. The maximum atomic E-state index is 13.2. The second-order valence-electron chi connectivity index (χ2n) is 10.8. The average Bonchev–Trinajstić information content (AvgIpc) is 3.58. The monoisotopic (exact) mass is 558 g/mol. The van der Waals surface area contributed by atoms with Crippen molar-refractivity contribution < 1.29 is 18.7 Å². The highest BCUT2D eigenvalue weighted by Gasteiger charge is 2.30. The summed E-state index contributed by atoms with van der Waals surface area (Å²) in [4.78, 5) is 30.8. The molecular weight excluding hydrogens is 523 g/mol. The van der Waals surface area contributed by atoms with Crippen LogP contribution in [0, 0.1) is 0 Å². The van der Waals surface area contributed by atoms with Crippen molar-refractivity contribution in [2.45, 2.75) is 71.6 Å². The summed E-state index contributed by atoms with van der Waals surface area (Å²) in [5.74, 6) is -0.383. The predicted octanol–water partition coefficient (Wildman–Crippen LogP) is 6.08. The van der Waals surface area contributed by atoms with E-state index in [2.05, 4.69) is 20.1 Å². The predicted molar refractivity (Wildman–Crippen MR) is 151 cm³/mol. The van der Waals surface area contributed by atoms with Gasteiger partial charge in [0.15, 0.2) is 0 Å². The van der Waals surface area contributed by atoms with Crippen LogP contribution in [0.15, 0.2) is 24.5 Å². The Kier molecular flexibility index (Phi) is 7.93. The second-order valence-corrected chi connectivity index (χ2v) is 13.0. The molecule has 2 N–H and O–H groups in total. The number of rotatable bonds is 7. The number of esters is 1. The second kappa shape index (κ2) is 11.2. The number of urea groups is 1. The van der Waals surface area contributed by atoms with Crippen LogP contribution < -0.4 is 10.6 Å². The smallest absolute Gasteiger partial charge is 0.341 e. The van der Waals surface area contributed by atoms with Gasteiger partial charge in [-0.2, -0.15) is 0 Å². The van der Waals surface area contributed by atoms with Gasteiger partial charge in [-0.15, -0.1) is 22.7 Å². The largest absolute Gasteiger partial charge is 0.456 e. The van der Waals surface area contributed by atoms with E-state index in [0.29, 0.717) is 23.7 Å². The molecule has 0 spiro atoms. The number of aryl methyl sites for hydroxylation is 1. The fourth-order valence-electron chi connectivity index (χ4n) is 5.19. The summed E-state index contributed by atoms with van der Waals surface area (Å²) >= 11 is 3.19. The Morgan fingerprint density at radius 3 is 2.55 bits per heavy atom. The molecule has 2 amide bonds. The van der Waals surface area contributed by atoms with E-state index < -0.39 is 5.60 Å². The van der Waals surface area contributed by atoms with Crippen LogP contribution in [0.25, 0.3) is 5.00 Å². The van der Waals surface area contributed by atoms with Gasteiger partial charge in [-0.1, -0.05) is 0 Å². The van der Waals surface area contributed by atoms with E-state index >= 15 is 0 Å². The van der Waals surface area contributed by atoms with E-state index in [-0.39, 0.29) is 18.7 Å².